The maximum atomic E-state index is 12.2. The number of nitrogens with zero attached hydrogens (tertiary/aromatic N) is 2. The van der Waals surface area contributed by atoms with Gasteiger partial charge in [0.2, 0.25) is 11.8 Å². The zero-order chi connectivity index (χ0) is 16.2. The van der Waals surface area contributed by atoms with Crippen LogP contribution in [0.1, 0.15) is 6.42 Å². The lowest BCUT2D eigenvalue weighted by molar-refractivity contribution is -0.122. The molecule has 0 unspecified atom stereocenters. The van der Waals surface area contributed by atoms with E-state index in [1.807, 2.05) is 6.07 Å². The van der Waals surface area contributed by atoms with Gasteiger partial charge in [-0.2, -0.15) is 0 Å². The highest BCUT2D eigenvalue weighted by Crippen LogP contribution is 2.32. The van der Waals surface area contributed by atoms with E-state index in [0.717, 1.165) is 5.01 Å². The number of nitroso groups, excluding NO2 is 1. The van der Waals surface area contributed by atoms with E-state index >= 15 is 0 Å². The standard InChI is InChI=1S/C16H14N4O3/c21-15(17-11-6-2-1-3-7-11)10-14-16(22)18-12-8-4-5-9-13(12)20(14)19-23/h1-9,14H,10H2,(H,17,21)(H,18,22)/t14-/m0/s1. The topological polar surface area (TPSA) is 90.9 Å². The van der Waals surface area contributed by atoms with Gasteiger partial charge in [0, 0.05) is 5.69 Å². The summed E-state index contributed by atoms with van der Waals surface area (Å²) in [4.78, 5) is 35.5. The van der Waals surface area contributed by atoms with E-state index in [-0.39, 0.29) is 12.3 Å². The third kappa shape index (κ3) is 3.03. The molecule has 0 saturated heterocycles. The summed E-state index contributed by atoms with van der Waals surface area (Å²) in [7, 11) is 0. The summed E-state index contributed by atoms with van der Waals surface area (Å²) >= 11 is 0. The Bertz CT molecular complexity index is 748. The second-order valence-corrected chi connectivity index (χ2v) is 5.07. The van der Waals surface area contributed by atoms with Gasteiger partial charge in [-0.05, 0) is 24.3 Å². The molecule has 0 bridgehead atoms. The molecular formula is C16H14N4O3. The zero-order valence-electron chi connectivity index (χ0n) is 12.1. The van der Waals surface area contributed by atoms with Gasteiger partial charge >= 0.3 is 0 Å². The second kappa shape index (κ2) is 6.27. The quantitative estimate of drug-likeness (QED) is 0.849. The molecule has 116 valence electrons. The van der Waals surface area contributed by atoms with Crippen LogP contribution in [0, 0.1) is 4.91 Å². The molecule has 1 atom stereocenters. The van der Waals surface area contributed by atoms with Crippen LogP contribution in [0.5, 0.6) is 0 Å². The molecule has 2 aromatic rings. The number of benzene rings is 2. The molecule has 7 heteroatoms. The number of carbonyl (C=O) groups excluding carboxylic acids is 2. The molecule has 0 saturated carbocycles. The average Bonchev–Trinajstić information content (AvgIpc) is 2.56. The van der Waals surface area contributed by atoms with E-state index in [4.69, 9.17) is 0 Å². The summed E-state index contributed by atoms with van der Waals surface area (Å²) in [6.07, 6.45) is -0.180. The molecule has 0 spiro atoms. The Morgan fingerprint density at radius 2 is 1.83 bits per heavy atom. The van der Waals surface area contributed by atoms with E-state index in [1.165, 1.54) is 0 Å². The van der Waals surface area contributed by atoms with Gasteiger partial charge < -0.3 is 10.6 Å². The summed E-state index contributed by atoms with van der Waals surface area (Å²) in [6, 6.07) is 14.7. The predicted octanol–water partition coefficient (Wildman–Crippen LogP) is 2.52. The van der Waals surface area contributed by atoms with Gasteiger partial charge in [0.1, 0.15) is 6.04 Å². The van der Waals surface area contributed by atoms with Crippen LogP contribution in [0.2, 0.25) is 0 Å². The van der Waals surface area contributed by atoms with Crippen molar-refractivity contribution in [1.82, 2.24) is 0 Å². The Hall–Kier alpha value is -3.22. The van der Waals surface area contributed by atoms with Crippen LogP contribution in [-0.2, 0) is 9.59 Å². The molecule has 2 aromatic carbocycles. The molecule has 0 radical (unpaired) electrons. The highest BCUT2D eigenvalue weighted by molar-refractivity contribution is 6.06. The van der Waals surface area contributed by atoms with E-state index < -0.39 is 11.9 Å². The third-order valence-electron chi connectivity index (χ3n) is 3.53. The van der Waals surface area contributed by atoms with Gasteiger partial charge in [-0.3, -0.25) is 9.59 Å². The van der Waals surface area contributed by atoms with E-state index in [9.17, 15) is 14.5 Å². The summed E-state index contributed by atoms with van der Waals surface area (Å²) in [6.45, 7) is 0. The van der Waals surface area contributed by atoms with Crippen LogP contribution in [0.4, 0.5) is 17.1 Å². The predicted molar refractivity (Wildman–Crippen MR) is 86.8 cm³/mol. The second-order valence-electron chi connectivity index (χ2n) is 5.07. The van der Waals surface area contributed by atoms with Crippen molar-refractivity contribution in [3.05, 3.63) is 59.5 Å². The van der Waals surface area contributed by atoms with E-state index in [2.05, 4.69) is 15.9 Å². The Morgan fingerprint density at radius 3 is 2.57 bits per heavy atom. The molecule has 1 aliphatic rings. The summed E-state index contributed by atoms with van der Waals surface area (Å²) in [5.41, 5.74) is 1.59. The summed E-state index contributed by atoms with van der Waals surface area (Å²) in [5, 5.41) is 9.34. The van der Waals surface area contributed by atoms with Crippen molar-refractivity contribution in [1.29, 1.82) is 0 Å². The third-order valence-corrected chi connectivity index (χ3v) is 3.53. The van der Waals surface area contributed by atoms with Crippen molar-refractivity contribution in [2.24, 2.45) is 5.29 Å². The number of para-hydroxylation sites is 3. The van der Waals surface area contributed by atoms with Crippen LogP contribution in [-0.4, -0.2) is 17.9 Å². The first kappa shape index (κ1) is 14.7. The molecule has 1 aliphatic heterocycles. The van der Waals surface area contributed by atoms with Crippen molar-refractivity contribution in [2.75, 3.05) is 15.6 Å². The first-order chi connectivity index (χ1) is 11.2. The fraction of sp³-hybridized carbons (Fsp3) is 0.125. The fourth-order valence-corrected chi connectivity index (χ4v) is 2.46. The van der Waals surface area contributed by atoms with Crippen molar-refractivity contribution in [3.8, 4) is 0 Å². The molecule has 2 amide bonds. The minimum Gasteiger partial charge on any atom is -0.326 e. The molecule has 0 aromatic heterocycles. The number of hydrogen-bond acceptors (Lipinski definition) is 4. The van der Waals surface area contributed by atoms with Crippen molar-refractivity contribution in [2.45, 2.75) is 12.5 Å². The Labute approximate surface area is 132 Å². The molecule has 7 nitrogen and oxygen atoms in total. The minimum atomic E-state index is -0.980. The highest BCUT2D eigenvalue weighted by Gasteiger charge is 2.35. The van der Waals surface area contributed by atoms with E-state index in [1.54, 1.807) is 48.5 Å². The Kier molecular flexibility index (Phi) is 4.01. The minimum absolute atomic E-state index is 0.180. The van der Waals surface area contributed by atoms with Gasteiger partial charge in [0.05, 0.1) is 23.1 Å². The molecule has 2 N–H and O–H groups in total. The highest BCUT2D eigenvalue weighted by atomic mass is 16.3. The van der Waals surface area contributed by atoms with E-state index in [0.29, 0.717) is 17.1 Å². The van der Waals surface area contributed by atoms with Crippen molar-refractivity contribution in [3.63, 3.8) is 0 Å². The van der Waals surface area contributed by atoms with Gasteiger partial charge in [-0.15, -0.1) is 4.91 Å². The number of hydrogen-bond donors (Lipinski definition) is 2. The summed E-state index contributed by atoms with van der Waals surface area (Å²) in [5.74, 6) is -0.809. The van der Waals surface area contributed by atoms with Crippen LogP contribution in [0.15, 0.2) is 59.9 Å². The van der Waals surface area contributed by atoms with Crippen LogP contribution in [0.3, 0.4) is 0 Å². The van der Waals surface area contributed by atoms with Crippen LogP contribution < -0.4 is 15.6 Å². The van der Waals surface area contributed by atoms with Crippen molar-refractivity contribution < 1.29 is 9.59 Å². The smallest absolute Gasteiger partial charge is 0.249 e. The monoisotopic (exact) mass is 310 g/mol. The number of nitrogens with one attached hydrogen (secondary N) is 2. The van der Waals surface area contributed by atoms with Gasteiger partial charge in [-0.1, -0.05) is 30.3 Å². The van der Waals surface area contributed by atoms with Gasteiger partial charge in [0.15, 0.2) is 0 Å². The lowest BCUT2D eigenvalue weighted by Gasteiger charge is -2.31. The van der Waals surface area contributed by atoms with Gasteiger partial charge in [-0.25, -0.2) is 5.01 Å². The fourth-order valence-electron chi connectivity index (χ4n) is 2.46. The zero-order valence-corrected chi connectivity index (χ0v) is 12.1. The lowest BCUT2D eigenvalue weighted by atomic mass is 10.1. The average molecular weight is 310 g/mol. The largest absolute Gasteiger partial charge is 0.326 e. The number of amides is 2. The molecule has 0 aliphatic carbocycles. The maximum absolute atomic E-state index is 12.2. The van der Waals surface area contributed by atoms with Gasteiger partial charge in [0.25, 0.3) is 0 Å². The summed E-state index contributed by atoms with van der Waals surface area (Å²) < 4.78 is 0. The molecule has 3 rings (SSSR count). The SMILES string of the molecule is O=NN1c2ccccc2NC(=O)[C@@H]1CC(=O)Nc1ccccc1. The number of rotatable bonds is 4. The molecule has 0 fully saturated rings. The number of fused-ring (bicyclic) bond motifs is 1. The Balaban J connectivity index is 1.78. The van der Waals surface area contributed by atoms with Crippen LogP contribution in [0.25, 0.3) is 0 Å². The normalized spacial score (nSPS) is 16.3. The Morgan fingerprint density at radius 1 is 1.13 bits per heavy atom. The first-order valence-electron chi connectivity index (χ1n) is 7.06. The number of anilines is 3. The molecule has 23 heavy (non-hydrogen) atoms. The molecule has 1 heterocycles. The van der Waals surface area contributed by atoms with Crippen molar-refractivity contribution >= 4 is 28.9 Å². The lowest BCUT2D eigenvalue weighted by Crippen LogP contribution is -2.47. The maximum Gasteiger partial charge on any atom is 0.249 e. The molecular weight excluding hydrogens is 296 g/mol. The number of carbonyl (C=O) groups is 2. The first-order valence-corrected chi connectivity index (χ1v) is 7.06. The van der Waals surface area contributed by atoms with Crippen LogP contribution >= 0.6 is 0 Å².